The van der Waals surface area contributed by atoms with Crippen molar-refractivity contribution in [3.8, 4) is 0 Å². The first-order chi connectivity index (χ1) is 5.66. The van der Waals surface area contributed by atoms with E-state index < -0.39 is 0 Å². The zero-order chi connectivity index (χ0) is 9.40. The van der Waals surface area contributed by atoms with Crippen LogP contribution in [0.2, 0.25) is 0 Å². The van der Waals surface area contributed by atoms with Gasteiger partial charge in [0.05, 0.1) is 6.10 Å². The number of rotatable bonds is 7. The topological polar surface area (TPSA) is 35.5 Å². The van der Waals surface area contributed by atoms with E-state index in [1.807, 2.05) is 19.0 Å². The zero-order valence-corrected chi connectivity index (χ0v) is 8.51. The number of hydrogen-bond donors (Lipinski definition) is 2. The second-order valence-corrected chi connectivity index (χ2v) is 3.47. The minimum atomic E-state index is -0.239. The lowest BCUT2D eigenvalue weighted by Gasteiger charge is -2.16. The van der Waals surface area contributed by atoms with Crippen molar-refractivity contribution in [1.29, 1.82) is 0 Å². The van der Waals surface area contributed by atoms with Gasteiger partial charge in [0.2, 0.25) is 0 Å². The Kier molecular flexibility index (Phi) is 7.45. The summed E-state index contributed by atoms with van der Waals surface area (Å²) in [5.41, 5.74) is 0. The van der Waals surface area contributed by atoms with Crippen LogP contribution in [0.25, 0.3) is 0 Å². The Morgan fingerprint density at radius 3 is 2.58 bits per heavy atom. The molecule has 0 heterocycles. The minimum absolute atomic E-state index is 0.239. The first kappa shape index (κ1) is 11.9. The maximum Gasteiger partial charge on any atom is 0.0791 e. The van der Waals surface area contributed by atoms with Gasteiger partial charge in [-0.1, -0.05) is 13.3 Å². The molecule has 2 N–H and O–H groups in total. The van der Waals surface area contributed by atoms with E-state index in [2.05, 4.69) is 12.2 Å². The summed E-state index contributed by atoms with van der Waals surface area (Å²) in [4.78, 5) is 1.99. The minimum Gasteiger partial charge on any atom is -0.390 e. The number of likely N-dealkylation sites (N-methyl/N-ethyl adjacent to an activating group) is 1. The molecule has 0 aliphatic carbocycles. The van der Waals surface area contributed by atoms with Gasteiger partial charge in [-0.25, -0.2) is 0 Å². The van der Waals surface area contributed by atoms with Crippen LogP contribution in [0.1, 0.15) is 19.8 Å². The summed E-state index contributed by atoms with van der Waals surface area (Å²) >= 11 is 0. The van der Waals surface area contributed by atoms with Crippen LogP contribution in [-0.4, -0.2) is 49.8 Å². The van der Waals surface area contributed by atoms with Gasteiger partial charge < -0.3 is 15.3 Å². The van der Waals surface area contributed by atoms with Gasteiger partial charge in [-0.05, 0) is 27.1 Å². The lowest BCUT2D eigenvalue weighted by molar-refractivity contribution is 0.135. The number of nitrogens with zero attached hydrogens (tertiary/aromatic N) is 1. The summed E-state index contributed by atoms with van der Waals surface area (Å²) in [6, 6.07) is 0. The predicted molar refractivity (Wildman–Crippen MR) is 52.3 cm³/mol. The summed E-state index contributed by atoms with van der Waals surface area (Å²) in [7, 11) is 3.94. The van der Waals surface area contributed by atoms with E-state index >= 15 is 0 Å². The van der Waals surface area contributed by atoms with Crippen molar-refractivity contribution in [3.05, 3.63) is 0 Å². The maximum absolute atomic E-state index is 9.41. The van der Waals surface area contributed by atoms with Crippen LogP contribution in [0, 0.1) is 0 Å². The average molecular weight is 174 g/mol. The number of aliphatic hydroxyl groups is 1. The normalized spacial score (nSPS) is 13.8. The fourth-order valence-electron chi connectivity index (χ4n) is 1.06. The molecule has 0 rings (SSSR count). The van der Waals surface area contributed by atoms with Crippen molar-refractivity contribution < 1.29 is 5.11 Å². The molecule has 12 heavy (non-hydrogen) atoms. The Morgan fingerprint density at radius 1 is 1.42 bits per heavy atom. The summed E-state index contributed by atoms with van der Waals surface area (Å²) < 4.78 is 0. The molecule has 0 aliphatic heterocycles. The SMILES string of the molecule is CCCCNCC(O)CN(C)C. The molecule has 1 unspecified atom stereocenters. The number of hydrogen-bond acceptors (Lipinski definition) is 3. The van der Waals surface area contributed by atoms with Crippen LogP contribution in [0.3, 0.4) is 0 Å². The van der Waals surface area contributed by atoms with E-state index in [1.54, 1.807) is 0 Å². The molecule has 0 saturated carbocycles. The van der Waals surface area contributed by atoms with Gasteiger partial charge in [-0.15, -0.1) is 0 Å². The predicted octanol–water partition coefficient (Wildman–Crippen LogP) is 0.299. The zero-order valence-electron chi connectivity index (χ0n) is 8.51. The third-order valence-electron chi connectivity index (χ3n) is 1.66. The first-order valence-electron chi connectivity index (χ1n) is 4.70. The molecule has 0 aromatic carbocycles. The van der Waals surface area contributed by atoms with Crippen LogP contribution in [0.15, 0.2) is 0 Å². The second-order valence-electron chi connectivity index (χ2n) is 3.47. The largest absolute Gasteiger partial charge is 0.390 e. The van der Waals surface area contributed by atoms with Crippen molar-refractivity contribution in [1.82, 2.24) is 10.2 Å². The average Bonchev–Trinajstić information content (AvgIpc) is 1.97. The first-order valence-corrected chi connectivity index (χ1v) is 4.70. The molecule has 74 valence electrons. The third kappa shape index (κ3) is 7.98. The van der Waals surface area contributed by atoms with Crippen LogP contribution in [-0.2, 0) is 0 Å². The number of aliphatic hydroxyl groups excluding tert-OH is 1. The molecule has 0 fully saturated rings. The van der Waals surface area contributed by atoms with Gasteiger partial charge in [0.1, 0.15) is 0 Å². The molecule has 3 nitrogen and oxygen atoms in total. The Morgan fingerprint density at radius 2 is 2.08 bits per heavy atom. The summed E-state index contributed by atoms with van der Waals surface area (Å²) in [6.45, 7) is 4.62. The van der Waals surface area contributed by atoms with Crippen LogP contribution < -0.4 is 5.32 Å². The lowest BCUT2D eigenvalue weighted by Crippen LogP contribution is -2.35. The fraction of sp³-hybridized carbons (Fsp3) is 1.00. The molecule has 1 atom stereocenters. The standard InChI is InChI=1S/C9H22N2O/c1-4-5-6-10-7-9(12)8-11(2)3/h9-10,12H,4-8H2,1-3H3. The van der Waals surface area contributed by atoms with E-state index in [1.165, 1.54) is 12.8 Å². The van der Waals surface area contributed by atoms with Gasteiger partial charge in [-0.3, -0.25) is 0 Å². The Balaban J connectivity index is 3.14. The van der Waals surface area contributed by atoms with Gasteiger partial charge in [0.15, 0.2) is 0 Å². The number of nitrogens with one attached hydrogen (secondary N) is 1. The highest BCUT2D eigenvalue weighted by Crippen LogP contribution is 1.86. The van der Waals surface area contributed by atoms with E-state index in [0.29, 0.717) is 6.54 Å². The van der Waals surface area contributed by atoms with Crippen LogP contribution in [0.4, 0.5) is 0 Å². The van der Waals surface area contributed by atoms with Gasteiger partial charge >= 0.3 is 0 Å². The monoisotopic (exact) mass is 174 g/mol. The Hall–Kier alpha value is -0.120. The molecule has 0 aromatic heterocycles. The third-order valence-corrected chi connectivity index (χ3v) is 1.66. The molecule has 0 radical (unpaired) electrons. The highest BCUT2D eigenvalue weighted by molar-refractivity contribution is 4.61. The summed E-state index contributed by atoms with van der Waals surface area (Å²) in [6.07, 6.45) is 2.16. The highest BCUT2D eigenvalue weighted by atomic mass is 16.3. The van der Waals surface area contributed by atoms with Crippen LogP contribution >= 0.6 is 0 Å². The van der Waals surface area contributed by atoms with Crippen molar-refractivity contribution in [2.24, 2.45) is 0 Å². The van der Waals surface area contributed by atoms with E-state index in [9.17, 15) is 5.11 Å². The molecule has 0 amide bonds. The van der Waals surface area contributed by atoms with Crippen LogP contribution in [0.5, 0.6) is 0 Å². The summed E-state index contributed by atoms with van der Waals surface area (Å²) in [5, 5.41) is 12.6. The molecule has 0 spiro atoms. The van der Waals surface area contributed by atoms with E-state index in [0.717, 1.165) is 13.1 Å². The smallest absolute Gasteiger partial charge is 0.0791 e. The van der Waals surface area contributed by atoms with Gasteiger partial charge in [-0.2, -0.15) is 0 Å². The maximum atomic E-state index is 9.41. The van der Waals surface area contributed by atoms with Gasteiger partial charge in [0.25, 0.3) is 0 Å². The van der Waals surface area contributed by atoms with Gasteiger partial charge in [0, 0.05) is 13.1 Å². The van der Waals surface area contributed by atoms with Crippen molar-refractivity contribution in [2.45, 2.75) is 25.9 Å². The van der Waals surface area contributed by atoms with E-state index in [4.69, 9.17) is 0 Å². The summed E-state index contributed by atoms with van der Waals surface area (Å²) in [5.74, 6) is 0. The molecular weight excluding hydrogens is 152 g/mol. The quantitative estimate of drug-likeness (QED) is 0.545. The number of unbranched alkanes of at least 4 members (excludes halogenated alkanes) is 1. The second kappa shape index (κ2) is 7.53. The molecule has 0 aliphatic rings. The molecular formula is C9H22N2O. The molecule has 0 aromatic rings. The van der Waals surface area contributed by atoms with Crippen molar-refractivity contribution in [3.63, 3.8) is 0 Å². The fourth-order valence-corrected chi connectivity index (χ4v) is 1.06. The Bertz CT molecular complexity index is 96.5. The lowest BCUT2D eigenvalue weighted by atomic mass is 10.3. The molecule has 0 saturated heterocycles. The van der Waals surface area contributed by atoms with E-state index in [-0.39, 0.29) is 6.10 Å². The van der Waals surface area contributed by atoms with Crippen molar-refractivity contribution in [2.75, 3.05) is 33.7 Å². The van der Waals surface area contributed by atoms with Crippen molar-refractivity contribution >= 4 is 0 Å². The Labute approximate surface area is 75.8 Å². The molecule has 3 heteroatoms. The molecule has 0 bridgehead atoms. The highest BCUT2D eigenvalue weighted by Gasteiger charge is 2.03.